The summed E-state index contributed by atoms with van der Waals surface area (Å²) in [5.74, 6) is -0.350. The number of aromatic nitrogens is 1. The van der Waals surface area contributed by atoms with E-state index < -0.39 is 11.6 Å². The molecule has 2 aliphatic rings. The van der Waals surface area contributed by atoms with Crippen LogP contribution >= 0.6 is 0 Å². The van der Waals surface area contributed by atoms with Crippen LogP contribution in [0.4, 0.5) is 4.79 Å². The van der Waals surface area contributed by atoms with Crippen molar-refractivity contribution in [2.45, 2.75) is 0 Å². The summed E-state index contributed by atoms with van der Waals surface area (Å²) in [5, 5.41) is 8.64. The molecule has 0 fully saturated rings. The van der Waals surface area contributed by atoms with Crippen LogP contribution in [0.3, 0.4) is 0 Å². The van der Waals surface area contributed by atoms with E-state index in [9.17, 15) is 9.59 Å². The summed E-state index contributed by atoms with van der Waals surface area (Å²) in [6.07, 6.45) is -1.58. The summed E-state index contributed by atoms with van der Waals surface area (Å²) in [5.41, 5.74) is 0.830. The Morgan fingerprint density at radius 3 is 2.79 bits per heavy atom. The highest BCUT2D eigenvalue weighted by atomic mass is 16.7. The summed E-state index contributed by atoms with van der Waals surface area (Å²) in [6, 6.07) is 9.62. The van der Waals surface area contributed by atoms with Crippen molar-refractivity contribution in [2.75, 3.05) is 0 Å². The third-order valence-electron chi connectivity index (χ3n) is 2.56. The Kier molecular flexibility index (Phi) is 2.42. The number of fused-ring (bicyclic) bond motifs is 2. The maximum Gasteiger partial charge on any atom is 0.511 e. The molecule has 6 heteroatoms. The first-order valence-electron chi connectivity index (χ1n) is 5.38. The van der Waals surface area contributed by atoms with E-state index in [2.05, 4.69) is 9.72 Å². The van der Waals surface area contributed by atoms with Crippen LogP contribution in [0.2, 0.25) is 0 Å². The van der Waals surface area contributed by atoms with E-state index in [1.807, 2.05) is 0 Å². The van der Waals surface area contributed by atoms with Crippen LogP contribution in [-0.2, 0) is 0 Å². The summed E-state index contributed by atoms with van der Waals surface area (Å²) in [4.78, 5) is 26.5. The number of hydrogen-bond acceptors (Lipinski definition) is 5. The van der Waals surface area contributed by atoms with Gasteiger partial charge in [-0.05, 0) is 24.3 Å². The first-order chi connectivity index (χ1) is 9.15. The van der Waals surface area contributed by atoms with Gasteiger partial charge in [0, 0.05) is 0 Å². The van der Waals surface area contributed by atoms with E-state index in [1.54, 1.807) is 24.3 Å². The molecule has 0 radical (unpaired) electrons. The third kappa shape index (κ3) is 1.89. The van der Waals surface area contributed by atoms with Gasteiger partial charge in [-0.3, -0.25) is 4.79 Å². The molecule has 6 nitrogen and oxygen atoms in total. The van der Waals surface area contributed by atoms with Crippen LogP contribution in [0, 0.1) is 0 Å². The minimum atomic E-state index is -1.58. The molecule has 0 spiro atoms. The van der Waals surface area contributed by atoms with E-state index in [-0.39, 0.29) is 11.5 Å². The van der Waals surface area contributed by atoms with Gasteiger partial charge in [0.2, 0.25) is 11.2 Å². The van der Waals surface area contributed by atoms with Crippen molar-refractivity contribution in [2.24, 2.45) is 0 Å². The second-order valence-electron chi connectivity index (χ2n) is 3.79. The number of para-hydroxylation sites is 2. The lowest BCUT2D eigenvalue weighted by Crippen LogP contribution is -2.13. The van der Waals surface area contributed by atoms with Gasteiger partial charge in [-0.2, -0.15) is 0 Å². The third-order valence-corrected chi connectivity index (χ3v) is 2.56. The molecular formula is C13H7NO5. The van der Waals surface area contributed by atoms with Crippen molar-refractivity contribution in [3.8, 4) is 17.2 Å². The maximum atomic E-state index is 11.6. The second-order valence-corrected chi connectivity index (χ2v) is 3.79. The Bertz CT molecular complexity index is 808. The monoisotopic (exact) mass is 257 g/mol. The van der Waals surface area contributed by atoms with E-state index >= 15 is 0 Å². The molecule has 0 saturated heterocycles. The lowest BCUT2D eigenvalue weighted by molar-refractivity contribution is 0.143. The molecule has 94 valence electrons. The first kappa shape index (κ1) is 11.2. The number of hydrogen-bond donors (Lipinski definition) is 1. The topological polar surface area (TPSA) is 89.6 Å². The van der Waals surface area contributed by atoms with Crippen molar-refractivity contribution < 1.29 is 19.1 Å². The van der Waals surface area contributed by atoms with Gasteiger partial charge in [0.25, 0.3) is 0 Å². The minimum Gasteiger partial charge on any atom is -0.449 e. The van der Waals surface area contributed by atoms with Crippen LogP contribution in [0.5, 0.6) is 5.75 Å². The lowest BCUT2D eigenvalue weighted by Gasteiger charge is -2.08. The van der Waals surface area contributed by atoms with E-state index in [1.165, 1.54) is 12.1 Å². The molecule has 1 aromatic rings. The predicted octanol–water partition coefficient (Wildman–Crippen LogP) is 2.35. The molecule has 3 rings (SSSR count). The maximum absolute atomic E-state index is 11.6. The van der Waals surface area contributed by atoms with Crippen molar-refractivity contribution in [3.63, 3.8) is 0 Å². The summed E-state index contributed by atoms with van der Waals surface area (Å²) in [7, 11) is 0. The molecule has 0 atom stereocenters. The largest absolute Gasteiger partial charge is 0.511 e. The quantitative estimate of drug-likeness (QED) is 0.409. The van der Waals surface area contributed by atoms with Gasteiger partial charge in [0.1, 0.15) is 11.2 Å². The first-order valence-corrected chi connectivity index (χ1v) is 5.38. The molecule has 1 heterocycles. The van der Waals surface area contributed by atoms with Crippen LogP contribution < -0.4 is 10.2 Å². The van der Waals surface area contributed by atoms with Crippen LogP contribution in [0.1, 0.15) is 0 Å². The van der Waals surface area contributed by atoms with Gasteiger partial charge < -0.3 is 14.3 Å². The number of benzene rings is 2. The fourth-order valence-electron chi connectivity index (χ4n) is 1.78. The van der Waals surface area contributed by atoms with Crippen molar-refractivity contribution in [1.82, 2.24) is 4.98 Å². The number of carboxylic acid groups (broad SMARTS) is 1. The number of ether oxygens (including phenoxy) is 1. The van der Waals surface area contributed by atoms with E-state index in [0.717, 1.165) is 0 Å². The Balaban J connectivity index is 2.37. The summed E-state index contributed by atoms with van der Waals surface area (Å²) in [6.45, 7) is 0. The lowest BCUT2D eigenvalue weighted by atomic mass is 10.2. The SMILES string of the molecule is O=C(O)Oc1c2oc3ccccc3nc-2ccc1=O. The van der Waals surface area contributed by atoms with Gasteiger partial charge in [-0.15, -0.1) is 0 Å². The smallest absolute Gasteiger partial charge is 0.449 e. The molecule has 1 aliphatic heterocycles. The van der Waals surface area contributed by atoms with Gasteiger partial charge in [-0.1, -0.05) is 12.1 Å². The number of nitrogens with zero attached hydrogens (tertiary/aromatic N) is 1. The molecule has 19 heavy (non-hydrogen) atoms. The molecule has 1 aliphatic carbocycles. The van der Waals surface area contributed by atoms with Crippen LogP contribution in [0.25, 0.3) is 22.6 Å². The van der Waals surface area contributed by atoms with Gasteiger partial charge in [-0.25, -0.2) is 9.78 Å². The molecule has 0 aromatic heterocycles. The predicted molar refractivity (Wildman–Crippen MR) is 65.6 cm³/mol. The number of rotatable bonds is 1. The minimum absolute atomic E-state index is 0.0219. The highest BCUT2D eigenvalue weighted by molar-refractivity contribution is 5.78. The Hall–Kier alpha value is -2.89. The fourth-order valence-corrected chi connectivity index (χ4v) is 1.78. The van der Waals surface area contributed by atoms with Gasteiger partial charge >= 0.3 is 6.16 Å². The van der Waals surface area contributed by atoms with Gasteiger partial charge in [0.05, 0.1) is 0 Å². The van der Waals surface area contributed by atoms with E-state index in [4.69, 9.17) is 9.52 Å². The van der Waals surface area contributed by atoms with E-state index in [0.29, 0.717) is 16.8 Å². The Morgan fingerprint density at radius 2 is 2.00 bits per heavy atom. The summed E-state index contributed by atoms with van der Waals surface area (Å²) >= 11 is 0. The van der Waals surface area contributed by atoms with Crippen LogP contribution in [0.15, 0.2) is 45.6 Å². The Morgan fingerprint density at radius 1 is 1.21 bits per heavy atom. The highest BCUT2D eigenvalue weighted by Crippen LogP contribution is 2.30. The zero-order chi connectivity index (χ0) is 13.4. The van der Waals surface area contributed by atoms with Crippen molar-refractivity contribution in [3.05, 3.63) is 46.6 Å². The molecular weight excluding hydrogens is 250 g/mol. The molecule has 0 unspecified atom stereocenters. The molecule has 1 aromatic carbocycles. The fraction of sp³-hybridized carbons (Fsp3) is 0. The average Bonchev–Trinajstić information content (AvgIpc) is 2.40. The Labute approximate surface area is 106 Å². The molecule has 0 amide bonds. The molecule has 1 N–H and O–H groups in total. The summed E-state index contributed by atoms with van der Waals surface area (Å²) < 4.78 is 9.99. The normalized spacial score (nSPS) is 10.7. The van der Waals surface area contributed by atoms with Crippen molar-refractivity contribution in [1.29, 1.82) is 0 Å². The molecule has 0 saturated carbocycles. The zero-order valence-corrected chi connectivity index (χ0v) is 9.49. The number of carbonyl (C=O) groups is 1. The second kappa shape index (κ2) is 4.09. The van der Waals surface area contributed by atoms with Gasteiger partial charge in [0.15, 0.2) is 11.3 Å². The van der Waals surface area contributed by atoms with Crippen molar-refractivity contribution >= 4 is 17.3 Å². The molecule has 0 bridgehead atoms. The zero-order valence-electron chi connectivity index (χ0n) is 9.49. The standard InChI is InChI=1S/C13H7NO5/c15-9-6-5-8-11(12(9)19-13(16)17)18-10-4-2-1-3-7(10)14-8/h1-6H,(H,16,17). The van der Waals surface area contributed by atoms with Crippen LogP contribution in [-0.4, -0.2) is 16.2 Å². The highest BCUT2D eigenvalue weighted by Gasteiger charge is 2.20. The average molecular weight is 257 g/mol.